The molecule has 2 N–H and O–H groups in total. The molecule has 0 radical (unpaired) electrons. The second kappa shape index (κ2) is 8.99. The van der Waals surface area contributed by atoms with Crippen molar-refractivity contribution in [3.63, 3.8) is 0 Å². The van der Waals surface area contributed by atoms with E-state index in [0.717, 1.165) is 54.4 Å². The molecule has 0 aromatic heterocycles. The van der Waals surface area contributed by atoms with Gasteiger partial charge < -0.3 is 15.3 Å². The SMILES string of the molecule is O=C1CCc2cc(C=C[C@@H](O)CN3CCN(c4ccc(Cl)cc4)CC3)ccc2N1. The van der Waals surface area contributed by atoms with Gasteiger partial charge in [0.25, 0.3) is 0 Å². The number of hydrogen-bond donors (Lipinski definition) is 2. The maximum absolute atomic E-state index is 11.5. The number of piperazine rings is 1. The van der Waals surface area contributed by atoms with E-state index in [9.17, 15) is 9.90 Å². The highest BCUT2D eigenvalue weighted by atomic mass is 35.5. The number of aryl methyl sites for hydroxylation is 1. The first kappa shape index (κ1) is 20.0. The van der Waals surface area contributed by atoms with Crippen molar-refractivity contribution in [2.75, 3.05) is 42.9 Å². The molecule has 2 aliphatic heterocycles. The molecule has 4 rings (SSSR count). The fraction of sp³-hybridized carbons (Fsp3) is 0.348. The molecule has 5 nitrogen and oxygen atoms in total. The van der Waals surface area contributed by atoms with Gasteiger partial charge in [0, 0.05) is 55.5 Å². The lowest BCUT2D eigenvalue weighted by Gasteiger charge is -2.36. The number of amides is 1. The van der Waals surface area contributed by atoms with Crippen LogP contribution in [0.2, 0.25) is 5.02 Å². The summed E-state index contributed by atoms with van der Waals surface area (Å²) in [5.74, 6) is 0.0763. The second-order valence-corrected chi connectivity index (χ2v) is 8.09. The highest BCUT2D eigenvalue weighted by molar-refractivity contribution is 6.30. The number of hydrogen-bond acceptors (Lipinski definition) is 4. The highest BCUT2D eigenvalue weighted by Crippen LogP contribution is 2.24. The molecule has 2 aromatic carbocycles. The van der Waals surface area contributed by atoms with E-state index in [4.69, 9.17) is 11.6 Å². The van der Waals surface area contributed by atoms with E-state index >= 15 is 0 Å². The van der Waals surface area contributed by atoms with Gasteiger partial charge in [-0.1, -0.05) is 29.8 Å². The third kappa shape index (κ3) is 5.18. The summed E-state index contributed by atoms with van der Waals surface area (Å²) in [6, 6.07) is 14.0. The summed E-state index contributed by atoms with van der Waals surface area (Å²) in [6.45, 7) is 4.35. The molecule has 152 valence electrons. The van der Waals surface area contributed by atoms with Crippen LogP contribution in [0.25, 0.3) is 6.08 Å². The summed E-state index contributed by atoms with van der Waals surface area (Å²) in [7, 11) is 0. The van der Waals surface area contributed by atoms with Gasteiger partial charge in [-0.25, -0.2) is 0 Å². The van der Waals surface area contributed by atoms with E-state index in [1.54, 1.807) is 0 Å². The second-order valence-electron chi connectivity index (χ2n) is 7.66. The van der Waals surface area contributed by atoms with Crippen molar-refractivity contribution in [1.29, 1.82) is 0 Å². The van der Waals surface area contributed by atoms with Gasteiger partial charge in [-0.2, -0.15) is 0 Å². The molecule has 0 saturated carbocycles. The zero-order valence-corrected chi connectivity index (χ0v) is 17.1. The smallest absolute Gasteiger partial charge is 0.224 e. The van der Waals surface area contributed by atoms with E-state index in [1.807, 2.05) is 36.4 Å². The maximum atomic E-state index is 11.5. The summed E-state index contributed by atoms with van der Waals surface area (Å²) < 4.78 is 0. The van der Waals surface area contributed by atoms with Gasteiger partial charge in [-0.15, -0.1) is 0 Å². The minimum atomic E-state index is -0.507. The van der Waals surface area contributed by atoms with Crippen LogP contribution in [-0.2, 0) is 11.2 Å². The largest absolute Gasteiger partial charge is 0.388 e. The third-order valence-corrected chi connectivity index (χ3v) is 5.80. The summed E-state index contributed by atoms with van der Waals surface area (Å²) in [6.07, 6.45) is 4.61. The average molecular weight is 412 g/mol. The van der Waals surface area contributed by atoms with E-state index in [0.29, 0.717) is 13.0 Å². The molecule has 1 amide bonds. The number of carbonyl (C=O) groups excluding carboxylic acids is 1. The average Bonchev–Trinajstić information content (AvgIpc) is 2.73. The van der Waals surface area contributed by atoms with Crippen molar-refractivity contribution in [1.82, 2.24) is 4.90 Å². The molecule has 29 heavy (non-hydrogen) atoms. The van der Waals surface area contributed by atoms with Gasteiger partial charge in [0.2, 0.25) is 5.91 Å². The molecule has 2 heterocycles. The van der Waals surface area contributed by atoms with Crippen molar-refractivity contribution in [3.05, 3.63) is 64.7 Å². The molecule has 6 heteroatoms. The molecule has 0 bridgehead atoms. The Labute approximate surface area is 176 Å². The first-order valence-electron chi connectivity index (χ1n) is 10.1. The Hall–Kier alpha value is -2.34. The van der Waals surface area contributed by atoms with Gasteiger partial charge in [0.05, 0.1) is 6.10 Å². The monoisotopic (exact) mass is 411 g/mol. The van der Waals surface area contributed by atoms with Crippen molar-refractivity contribution >= 4 is 35.0 Å². The number of rotatable bonds is 5. The van der Waals surface area contributed by atoms with Gasteiger partial charge in [0.15, 0.2) is 0 Å². The predicted octanol–water partition coefficient (Wildman–Crippen LogP) is 3.42. The Morgan fingerprint density at radius 1 is 1.07 bits per heavy atom. The minimum Gasteiger partial charge on any atom is -0.388 e. The molecular formula is C23H26ClN3O2. The summed E-state index contributed by atoms with van der Waals surface area (Å²) in [5, 5.41) is 14.1. The Morgan fingerprint density at radius 2 is 1.83 bits per heavy atom. The number of anilines is 2. The Balaban J connectivity index is 1.27. The van der Waals surface area contributed by atoms with Crippen molar-refractivity contribution < 1.29 is 9.90 Å². The van der Waals surface area contributed by atoms with Crippen LogP contribution in [0.3, 0.4) is 0 Å². The number of fused-ring (bicyclic) bond motifs is 1. The first-order valence-corrected chi connectivity index (χ1v) is 10.5. The normalized spacial score (nSPS) is 18.6. The number of aliphatic hydroxyl groups is 1. The van der Waals surface area contributed by atoms with Crippen LogP contribution < -0.4 is 10.2 Å². The van der Waals surface area contributed by atoms with Gasteiger partial charge in [0.1, 0.15) is 0 Å². The van der Waals surface area contributed by atoms with E-state index in [1.165, 1.54) is 5.69 Å². The van der Waals surface area contributed by atoms with Crippen LogP contribution in [0, 0.1) is 0 Å². The standard InChI is InChI=1S/C23H26ClN3O2/c24-19-4-6-20(7-5-19)27-13-11-26(12-14-27)16-21(28)8-1-17-2-9-22-18(15-17)3-10-23(29)25-22/h1-2,4-9,15,21,28H,3,10-14,16H2,(H,25,29)/t21-/m1/s1. The lowest BCUT2D eigenvalue weighted by Crippen LogP contribution is -2.48. The number of halogens is 1. The van der Waals surface area contributed by atoms with Crippen LogP contribution in [0.5, 0.6) is 0 Å². The molecule has 1 atom stereocenters. The fourth-order valence-electron chi connectivity index (χ4n) is 3.90. The van der Waals surface area contributed by atoms with Crippen molar-refractivity contribution in [2.24, 2.45) is 0 Å². The fourth-order valence-corrected chi connectivity index (χ4v) is 4.02. The molecule has 1 saturated heterocycles. The third-order valence-electron chi connectivity index (χ3n) is 5.54. The molecule has 1 fully saturated rings. The Kier molecular flexibility index (Phi) is 6.19. The quantitative estimate of drug-likeness (QED) is 0.791. The van der Waals surface area contributed by atoms with E-state index in [-0.39, 0.29) is 5.91 Å². The molecular weight excluding hydrogens is 386 g/mol. The molecule has 0 spiro atoms. The number of nitrogens with one attached hydrogen (secondary N) is 1. The van der Waals surface area contributed by atoms with Crippen LogP contribution in [-0.4, -0.2) is 54.7 Å². The number of β-amino-alcohol motifs (C(OH)–C–C–N with tert-alkyl or cyclic N) is 1. The minimum absolute atomic E-state index is 0.0763. The van der Waals surface area contributed by atoms with Gasteiger partial charge >= 0.3 is 0 Å². The summed E-state index contributed by atoms with van der Waals surface area (Å²) >= 11 is 5.97. The lowest BCUT2D eigenvalue weighted by atomic mass is 10.00. The number of benzene rings is 2. The zero-order valence-electron chi connectivity index (χ0n) is 16.4. The maximum Gasteiger partial charge on any atom is 0.224 e. The topological polar surface area (TPSA) is 55.8 Å². The van der Waals surface area contributed by atoms with E-state index < -0.39 is 6.10 Å². The highest BCUT2D eigenvalue weighted by Gasteiger charge is 2.19. The zero-order chi connectivity index (χ0) is 20.2. The van der Waals surface area contributed by atoms with Crippen molar-refractivity contribution in [2.45, 2.75) is 18.9 Å². The number of nitrogens with zero attached hydrogens (tertiary/aromatic N) is 2. The van der Waals surface area contributed by atoms with Crippen LogP contribution >= 0.6 is 11.6 Å². The van der Waals surface area contributed by atoms with Gasteiger partial charge in [-0.05, 0) is 53.9 Å². The molecule has 0 unspecified atom stereocenters. The van der Waals surface area contributed by atoms with Crippen LogP contribution in [0.15, 0.2) is 48.5 Å². The first-order chi connectivity index (χ1) is 14.1. The summed E-state index contributed by atoms with van der Waals surface area (Å²) in [4.78, 5) is 16.1. The van der Waals surface area contributed by atoms with Crippen molar-refractivity contribution in [3.8, 4) is 0 Å². The molecule has 2 aliphatic rings. The Morgan fingerprint density at radius 3 is 2.59 bits per heavy atom. The van der Waals surface area contributed by atoms with Crippen LogP contribution in [0.4, 0.5) is 11.4 Å². The summed E-state index contributed by atoms with van der Waals surface area (Å²) in [5.41, 5.74) is 4.29. The predicted molar refractivity (Wildman–Crippen MR) is 119 cm³/mol. The molecule has 0 aliphatic carbocycles. The number of aliphatic hydroxyl groups excluding tert-OH is 1. The lowest BCUT2D eigenvalue weighted by molar-refractivity contribution is -0.116. The van der Waals surface area contributed by atoms with E-state index in [2.05, 4.69) is 33.3 Å². The van der Waals surface area contributed by atoms with Crippen LogP contribution in [0.1, 0.15) is 17.5 Å². The van der Waals surface area contributed by atoms with Gasteiger partial charge in [-0.3, -0.25) is 9.69 Å². The molecule has 2 aromatic rings. The Bertz CT molecular complexity index is 889. The number of carbonyl (C=O) groups is 1.